The summed E-state index contributed by atoms with van der Waals surface area (Å²) in [6.45, 7) is 2.09. The van der Waals surface area contributed by atoms with Crippen molar-refractivity contribution in [3.05, 3.63) is 22.6 Å². The molecule has 0 spiro atoms. The van der Waals surface area contributed by atoms with E-state index in [2.05, 4.69) is 6.92 Å². The molecule has 0 aromatic heterocycles. The first-order valence-electron chi connectivity index (χ1n) is 2.99. The predicted molar refractivity (Wildman–Crippen MR) is 39.1 cm³/mol. The first-order chi connectivity index (χ1) is 4.33. The molecule has 0 radical (unpaired) electrons. The molecule has 0 aromatic rings. The van der Waals surface area contributed by atoms with Crippen molar-refractivity contribution >= 4 is 11.7 Å². The predicted octanol–water partition coefficient (Wildman–Crippen LogP) is 2.04. The lowest BCUT2D eigenvalue weighted by molar-refractivity contribution is 0.606. The summed E-state index contributed by atoms with van der Waals surface area (Å²) in [4.78, 5) is 0.959. The molecule has 0 aliphatic heterocycles. The highest BCUT2D eigenvalue weighted by molar-refractivity contribution is 7.70. The van der Waals surface area contributed by atoms with E-state index in [0.29, 0.717) is 11.7 Å². The van der Waals surface area contributed by atoms with Crippen LogP contribution < -0.4 is 0 Å². The number of hydrogen-bond donors (Lipinski definition) is 0. The molecule has 9 heavy (non-hydrogen) atoms. The summed E-state index contributed by atoms with van der Waals surface area (Å²) in [6.07, 6.45) is 5.93. The Kier molecular flexibility index (Phi) is 2.11. The Morgan fingerprint density at radius 1 is 1.44 bits per heavy atom. The van der Waals surface area contributed by atoms with Crippen LogP contribution in [0.4, 0.5) is 0 Å². The third kappa shape index (κ3) is 1.72. The van der Waals surface area contributed by atoms with Crippen molar-refractivity contribution in [2.45, 2.75) is 19.8 Å². The minimum atomic E-state index is 0.614. The van der Waals surface area contributed by atoms with Gasteiger partial charge >= 0.3 is 11.7 Å². The number of rotatable bonds is 1. The summed E-state index contributed by atoms with van der Waals surface area (Å²) in [5.74, 6) is 0. The summed E-state index contributed by atoms with van der Waals surface area (Å²) in [5, 5.41) is 0. The standard InChI is InChI=1S/C7H9OS/c1-6-2-4-7(9-8)5-3-6/h2,4H,3,5H2,1H3/q+1. The van der Waals surface area contributed by atoms with E-state index in [9.17, 15) is 4.21 Å². The summed E-state index contributed by atoms with van der Waals surface area (Å²) >= 11 is 0.614. The molecule has 1 rings (SSSR count). The van der Waals surface area contributed by atoms with E-state index in [-0.39, 0.29) is 0 Å². The Hall–Kier alpha value is -0.500. The molecule has 0 N–H and O–H groups in total. The van der Waals surface area contributed by atoms with Crippen molar-refractivity contribution in [1.82, 2.24) is 0 Å². The van der Waals surface area contributed by atoms with Gasteiger partial charge in [0.1, 0.15) is 0 Å². The zero-order chi connectivity index (χ0) is 6.69. The van der Waals surface area contributed by atoms with Crippen LogP contribution in [0.1, 0.15) is 19.8 Å². The Balaban J connectivity index is 2.69. The van der Waals surface area contributed by atoms with Crippen LogP contribution in [-0.4, -0.2) is 0 Å². The third-order valence-electron chi connectivity index (χ3n) is 1.43. The van der Waals surface area contributed by atoms with Gasteiger partial charge in [-0.15, -0.1) is 0 Å². The smallest absolute Gasteiger partial charge is 0.0726 e. The lowest BCUT2D eigenvalue weighted by Crippen LogP contribution is -1.88. The molecule has 1 aliphatic rings. The van der Waals surface area contributed by atoms with Crippen molar-refractivity contribution in [1.29, 1.82) is 0 Å². The average Bonchev–Trinajstić information content (AvgIpc) is 1.90. The largest absolute Gasteiger partial charge is 0.500 e. The maximum absolute atomic E-state index is 10.2. The molecule has 1 aliphatic carbocycles. The van der Waals surface area contributed by atoms with Gasteiger partial charge in [-0.3, -0.25) is 0 Å². The van der Waals surface area contributed by atoms with Gasteiger partial charge in [0.05, 0.1) is 0 Å². The van der Waals surface area contributed by atoms with Crippen molar-refractivity contribution < 1.29 is 4.21 Å². The minimum Gasteiger partial charge on any atom is -0.0726 e. The maximum Gasteiger partial charge on any atom is 0.500 e. The zero-order valence-corrected chi connectivity index (χ0v) is 6.20. The van der Waals surface area contributed by atoms with Crippen LogP contribution in [0.5, 0.6) is 0 Å². The van der Waals surface area contributed by atoms with E-state index in [1.54, 1.807) is 0 Å². The highest BCUT2D eigenvalue weighted by Gasteiger charge is 2.13. The molecule has 0 aromatic carbocycles. The molecule has 0 saturated heterocycles. The van der Waals surface area contributed by atoms with E-state index in [1.165, 1.54) is 5.57 Å². The molecular weight excluding hydrogens is 132 g/mol. The fraction of sp³-hybridized carbons (Fsp3) is 0.429. The quantitative estimate of drug-likeness (QED) is 0.511. The van der Waals surface area contributed by atoms with E-state index in [0.717, 1.165) is 17.7 Å². The highest BCUT2D eigenvalue weighted by atomic mass is 32.1. The fourth-order valence-electron chi connectivity index (χ4n) is 0.792. The van der Waals surface area contributed by atoms with Crippen LogP contribution in [0, 0.1) is 0 Å². The molecule has 2 heteroatoms. The molecule has 0 atom stereocenters. The van der Waals surface area contributed by atoms with Gasteiger partial charge in [-0.25, -0.2) is 0 Å². The molecule has 0 heterocycles. The van der Waals surface area contributed by atoms with E-state index < -0.39 is 0 Å². The average molecular weight is 141 g/mol. The van der Waals surface area contributed by atoms with Gasteiger partial charge in [-0.1, -0.05) is 11.6 Å². The molecule has 1 nitrogen and oxygen atoms in total. The van der Waals surface area contributed by atoms with Crippen LogP contribution in [0.15, 0.2) is 22.6 Å². The topological polar surface area (TPSA) is 17.1 Å². The SMILES string of the molecule is CC1=CC=C([S+]=O)CC1. The van der Waals surface area contributed by atoms with Gasteiger partial charge in [-0.2, -0.15) is 0 Å². The molecule has 0 unspecified atom stereocenters. The maximum atomic E-state index is 10.2. The fourth-order valence-corrected chi connectivity index (χ4v) is 1.10. The minimum absolute atomic E-state index is 0.614. The normalized spacial score (nSPS) is 18.3. The second-order valence-corrected chi connectivity index (χ2v) is 2.92. The summed E-state index contributed by atoms with van der Waals surface area (Å²) in [7, 11) is 0. The van der Waals surface area contributed by atoms with E-state index in [1.807, 2.05) is 12.2 Å². The van der Waals surface area contributed by atoms with Gasteiger partial charge < -0.3 is 0 Å². The van der Waals surface area contributed by atoms with Crippen molar-refractivity contribution in [3.63, 3.8) is 0 Å². The Morgan fingerprint density at radius 3 is 2.67 bits per heavy atom. The Labute approximate surface area is 59.0 Å². The van der Waals surface area contributed by atoms with Gasteiger partial charge in [0.15, 0.2) is 0 Å². The van der Waals surface area contributed by atoms with Crippen molar-refractivity contribution in [2.75, 3.05) is 0 Å². The molecule has 0 amide bonds. The second kappa shape index (κ2) is 2.87. The molecule has 0 saturated carbocycles. The molecule has 48 valence electrons. The summed E-state index contributed by atoms with van der Waals surface area (Å²) < 4.78 is 10.2. The Morgan fingerprint density at radius 2 is 2.22 bits per heavy atom. The van der Waals surface area contributed by atoms with Crippen LogP contribution in [0.2, 0.25) is 0 Å². The second-order valence-electron chi connectivity index (χ2n) is 2.23. The molecule has 0 bridgehead atoms. The monoisotopic (exact) mass is 141 g/mol. The van der Waals surface area contributed by atoms with Crippen LogP contribution >= 0.6 is 0 Å². The first-order valence-corrected chi connectivity index (χ1v) is 3.73. The van der Waals surface area contributed by atoms with Gasteiger partial charge in [0, 0.05) is 16.7 Å². The lowest BCUT2D eigenvalue weighted by Gasteiger charge is -1.98. The Bertz CT molecular complexity index is 179. The van der Waals surface area contributed by atoms with Crippen LogP contribution in [0.25, 0.3) is 0 Å². The van der Waals surface area contributed by atoms with Crippen molar-refractivity contribution in [2.24, 2.45) is 0 Å². The van der Waals surface area contributed by atoms with Crippen LogP contribution in [-0.2, 0) is 15.9 Å². The van der Waals surface area contributed by atoms with Gasteiger partial charge in [0.2, 0.25) is 0 Å². The van der Waals surface area contributed by atoms with Crippen molar-refractivity contribution in [3.8, 4) is 0 Å². The highest BCUT2D eigenvalue weighted by Crippen LogP contribution is 2.16. The van der Waals surface area contributed by atoms with E-state index >= 15 is 0 Å². The van der Waals surface area contributed by atoms with Gasteiger partial charge in [-0.05, 0) is 13.3 Å². The summed E-state index contributed by atoms with van der Waals surface area (Å²) in [5.41, 5.74) is 1.37. The van der Waals surface area contributed by atoms with E-state index in [4.69, 9.17) is 0 Å². The zero-order valence-electron chi connectivity index (χ0n) is 5.39. The lowest BCUT2D eigenvalue weighted by atomic mass is 10.1. The molecule has 0 fully saturated rings. The van der Waals surface area contributed by atoms with Gasteiger partial charge in [0.25, 0.3) is 4.91 Å². The van der Waals surface area contributed by atoms with Crippen LogP contribution in [0.3, 0.4) is 0 Å². The summed E-state index contributed by atoms with van der Waals surface area (Å²) in [6, 6.07) is 0. The molecular formula is C7H9OS+. The third-order valence-corrected chi connectivity index (χ3v) is 1.98. The first kappa shape index (κ1) is 6.62. The number of hydrogen-bond acceptors (Lipinski definition) is 1. The number of allylic oxidation sites excluding steroid dienone is 4.